The van der Waals surface area contributed by atoms with Crippen molar-refractivity contribution in [1.29, 1.82) is 0 Å². The molecule has 0 aliphatic carbocycles. The Morgan fingerprint density at radius 2 is 1.38 bits per heavy atom. The number of rotatable bonds is 5. The lowest BCUT2D eigenvalue weighted by atomic mass is 9.99. The van der Waals surface area contributed by atoms with Crippen LogP contribution >= 0.6 is 33.9 Å². The van der Waals surface area contributed by atoms with Crippen molar-refractivity contribution in [3.8, 4) is 38.6 Å². The van der Waals surface area contributed by atoms with Crippen LogP contribution in [0.2, 0.25) is 0 Å². The predicted molar refractivity (Wildman–Crippen MR) is 164 cm³/mol. The Kier molecular flexibility index (Phi) is 6.93. The highest BCUT2D eigenvalue weighted by atomic mass is 127. The molecule has 0 amide bonds. The molecule has 1 aromatic heterocycles. The second-order valence-electron chi connectivity index (χ2n) is 8.85. The highest BCUT2D eigenvalue weighted by Crippen LogP contribution is 2.43. The lowest BCUT2D eigenvalue weighted by Crippen LogP contribution is -1.86. The van der Waals surface area contributed by atoms with Gasteiger partial charge in [-0.15, -0.1) is 11.3 Å². The molecule has 0 bridgehead atoms. The number of benzene rings is 5. The van der Waals surface area contributed by atoms with E-state index in [1.165, 1.54) is 35.6 Å². The molecule has 7 heteroatoms. The number of fused-ring (bicyclic) bond motifs is 1. The van der Waals surface area contributed by atoms with Crippen molar-refractivity contribution >= 4 is 56.0 Å². The monoisotopic (exact) mass is 644 g/mol. The van der Waals surface area contributed by atoms with Crippen LogP contribution in [0, 0.1) is 15.2 Å². The van der Waals surface area contributed by atoms with Crippen molar-refractivity contribution in [3.63, 3.8) is 0 Å². The standard InChI is InChI=1S/C32H19F2IN2OS/c33-22-9-5-19(6-10-22)25-14-15-26(20-7-11-23(34)12-8-20)31-30(25)37-32(39-31)27-3-1-2-4-28(27)36-18-21-17-24(35)13-16-29(21)38/h1-18,38H. The van der Waals surface area contributed by atoms with Crippen LogP contribution in [0.1, 0.15) is 5.56 Å². The molecule has 39 heavy (non-hydrogen) atoms. The van der Waals surface area contributed by atoms with Crippen molar-refractivity contribution < 1.29 is 13.9 Å². The average Bonchev–Trinajstić information content (AvgIpc) is 3.40. The van der Waals surface area contributed by atoms with Gasteiger partial charge in [0, 0.05) is 32.0 Å². The molecule has 0 aliphatic rings. The molecule has 0 saturated heterocycles. The van der Waals surface area contributed by atoms with Crippen molar-refractivity contribution in [1.82, 2.24) is 4.98 Å². The van der Waals surface area contributed by atoms with Gasteiger partial charge in [-0.2, -0.15) is 0 Å². The molecular formula is C32H19F2IN2OS. The number of thiazole rings is 1. The molecule has 0 saturated carbocycles. The summed E-state index contributed by atoms with van der Waals surface area (Å²) in [5.41, 5.74) is 6.49. The van der Waals surface area contributed by atoms with Crippen molar-refractivity contribution in [2.24, 2.45) is 4.99 Å². The predicted octanol–water partition coefficient (Wildman–Crippen LogP) is 9.64. The zero-order valence-electron chi connectivity index (χ0n) is 20.3. The van der Waals surface area contributed by atoms with Gasteiger partial charge in [-0.05, 0) is 88.3 Å². The van der Waals surface area contributed by atoms with Crippen LogP contribution in [-0.4, -0.2) is 16.3 Å². The highest BCUT2D eigenvalue weighted by molar-refractivity contribution is 14.1. The summed E-state index contributed by atoms with van der Waals surface area (Å²) in [7, 11) is 0. The van der Waals surface area contributed by atoms with Gasteiger partial charge in [-0.3, -0.25) is 4.99 Å². The Hall–Kier alpha value is -3.95. The Labute approximate surface area is 241 Å². The molecule has 190 valence electrons. The zero-order chi connectivity index (χ0) is 26.9. The third kappa shape index (κ3) is 5.20. The van der Waals surface area contributed by atoms with Gasteiger partial charge in [0.2, 0.25) is 0 Å². The van der Waals surface area contributed by atoms with Gasteiger partial charge in [0.1, 0.15) is 22.4 Å². The third-order valence-corrected chi connectivity index (χ3v) is 8.11. The van der Waals surface area contributed by atoms with Gasteiger partial charge in [0.15, 0.2) is 0 Å². The Balaban J connectivity index is 1.52. The van der Waals surface area contributed by atoms with Gasteiger partial charge >= 0.3 is 0 Å². The van der Waals surface area contributed by atoms with Crippen LogP contribution in [0.15, 0.2) is 108 Å². The summed E-state index contributed by atoms with van der Waals surface area (Å²) in [6.07, 6.45) is 1.65. The fourth-order valence-corrected chi connectivity index (χ4v) is 6.05. The Bertz CT molecular complexity index is 1770. The lowest BCUT2D eigenvalue weighted by Gasteiger charge is -2.08. The van der Waals surface area contributed by atoms with Crippen LogP contribution < -0.4 is 0 Å². The number of phenols is 1. The second kappa shape index (κ2) is 10.7. The van der Waals surface area contributed by atoms with Crippen LogP contribution in [0.4, 0.5) is 14.5 Å². The largest absolute Gasteiger partial charge is 0.507 e. The van der Waals surface area contributed by atoms with Crippen molar-refractivity contribution in [3.05, 3.63) is 124 Å². The number of aliphatic imine (C=N–C) groups is 1. The first-order valence-corrected chi connectivity index (χ1v) is 13.9. The molecule has 3 nitrogen and oxygen atoms in total. The molecule has 0 radical (unpaired) electrons. The van der Waals surface area contributed by atoms with E-state index in [1.807, 2.05) is 48.5 Å². The van der Waals surface area contributed by atoms with Crippen LogP contribution in [0.3, 0.4) is 0 Å². The number of aromatic nitrogens is 1. The SMILES string of the molecule is Oc1ccc(I)cc1C=Nc1ccccc1-c1nc2c(-c3ccc(F)cc3)ccc(-c3ccc(F)cc3)c2s1. The Morgan fingerprint density at radius 3 is 2.10 bits per heavy atom. The molecule has 0 aliphatic heterocycles. The third-order valence-electron chi connectivity index (χ3n) is 6.32. The smallest absolute Gasteiger partial charge is 0.126 e. The van der Waals surface area contributed by atoms with Gasteiger partial charge in [-0.25, -0.2) is 13.8 Å². The highest BCUT2D eigenvalue weighted by Gasteiger charge is 2.17. The summed E-state index contributed by atoms with van der Waals surface area (Å²) in [6, 6.07) is 29.8. The first kappa shape index (κ1) is 25.3. The number of para-hydroxylation sites is 1. The van der Waals surface area contributed by atoms with E-state index >= 15 is 0 Å². The number of hydrogen-bond acceptors (Lipinski definition) is 4. The van der Waals surface area contributed by atoms with E-state index < -0.39 is 0 Å². The molecule has 1 N–H and O–H groups in total. The fraction of sp³-hybridized carbons (Fsp3) is 0. The molecule has 0 atom stereocenters. The quantitative estimate of drug-likeness (QED) is 0.150. The van der Waals surface area contributed by atoms with Crippen molar-refractivity contribution in [2.75, 3.05) is 0 Å². The number of hydrogen-bond donors (Lipinski definition) is 1. The minimum absolute atomic E-state index is 0.157. The van der Waals surface area contributed by atoms with E-state index in [2.05, 4.69) is 22.6 Å². The molecule has 5 aromatic carbocycles. The summed E-state index contributed by atoms with van der Waals surface area (Å²) >= 11 is 3.72. The number of halogens is 3. The first-order chi connectivity index (χ1) is 19.0. The summed E-state index contributed by atoms with van der Waals surface area (Å²) in [6.45, 7) is 0. The van der Waals surface area contributed by atoms with E-state index in [1.54, 1.807) is 36.5 Å². The first-order valence-electron chi connectivity index (χ1n) is 12.0. The summed E-state index contributed by atoms with van der Waals surface area (Å²) in [5.74, 6) is -0.443. The van der Waals surface area contributed by atoms with Gasteiger partial charge in [0.25, 0.3) is 0 Å². The van der Waals surface area contributed by atoms with Crippen LogP contribution in [0.5, 0.6) is 5.75 Å². The Morgan fingerprint density at radius 1 is 0.744 bits per heavy atom. The molecule has 6 rings (SSSR count). The summed E-state index contributed by atoms with van der Waals surface area (Å²) in [5, 5.41) is 11.0. The van der Waals surface area contributed by atoms with Crippen molar-refractivity contribution in [2.45, 2.75) is 0 Å². The van der Waals surface area contributed by atoms with E-state index in [0.717, 1.165) is 46.6 Å². The number of aromatic hydroxyl groups is 1. The van der Waals surface area contributed by atoms with E-state index in [9.17, 15) is 13.9 Å². The molecule has 0 spiro atoms. The van der Waals surface area contributed by atoms with E-state index in [4.69, 9.17) is 9.98 Å². The minimum atomic E-state index is -0.303. The maximum Gasteiger partial charge on any atom is 0.126 e. The van der Waals surface area contributed by atoms with Gasteiger partial charge in [-0.1, -0.05) is 48.5 Å². The fourth-order valence-electron chi connectivity index (χ4n) is 4.38. The second-order valence-corrected chi connectivity index (χ2v) is 11.1. The minimum Gasteiger partial charge on any atom is -0.507 e. The number of phenolic OH excluding ortho intramolecular Hbond substituents is 1. The lowest BCUT2D eigenvalue weighted by molar-refractivity contribution is 0.474. The van der Waals surface area contributed by atoms with E-state index in [0.29, 0.717) is 11.3 Å². The molecule has 6 aromatic rings. The normalized spacial score (nSPS) is 11.5. The average molecular weight is 644 g/mol. The molecule has 0 fully saturated rings. The summed E-state index contributed by atoms with van der Waals surface area (Å²) in [4.78, 5) is 9.76. The van der Waals surface area contributed by atoms with Crippen LogP contribution in [-0.2, 0) is 0 Å². The zero-order valence-corrected chi connectivity index (χ0v) is 23.3. The topological polar surface area (TPSA) is 45.5 Å². The maximum absolute atomic E-state index is 13.7. The van der Waals surface area contributed by atoms with E-state index in [-0.39, 0.29) is 17.4 Å². The van der Waals surface area contributed by atoms with Crippen LogP contribution in [0.25, 0.3) is 43.0 Å². The molecular weight excluding hydrogens is 625 g/mol. The molecule has 1 heterocycles. The van der Waals surface area contributed by atoms with Gasteiger partial charge in [0.05, 0.1) is 15.9 Å². The molecule has 0 unspecified atom stereocenters. The summed E-state index contributed by atoms with van der Waals surface area (Å²) < 4.78 is 29.3. The van der Waals surface area contributed by atoms with Gasteiger partial charge < -0.3 is 5.11 Å². The maximum atomic E-state index is 13.7. The number of nitrogens with zero attached hydrogens (tertiary/aromatic N) is 2.